The molecule has 1 heterocycles. The first-order chi connectivity index (χ1) is 9.04. The molecule has 1 rings (SSSR count). The number of carbonyl (C=O) groups excluding carboxylic acids is 2. The molecule has 0 spiro atoms. The lowest BCUT2D eigenvalue weighted by Crippen LogP contribution is -2.51. The molecule has 0 radical (unpaired) electrons. The molecule has 0 unspecified atom stereocenters. The third-order valence-corrected chi connectivity index (χ3v) is 3.03. The molecule has 0 aromatic carbocycles. The van der Waals surface area contributed by atoms with E-state index in [0.717, 1.165) is 0 Å². The summed E-state index contributed by atoms with van der Waals surface area (Å²) in [6.45, 7) is 2.08. The molecule has 0 bridgehead atoms. The number of carboxylic acids is 1. The summed E-state index contributed by atoms with van der Waals surface area (Å²) in [6, 6.07) is 0. The Bertz CT molecular complexity index is 337. The van der Waals surface area contributed by atoms with Crippen LogP contribution in [0.2, 0.25) is 0 Å². The van der Waals surface area contributed by atoms with E-state index in [1.54, 1.807) is 9.80 Å². The molecule has 1 N–H and O–H groups in total. The van der Waals surface area contributed by atoms with Crippen LogP contribution in [0.1, 0.15) is 19.3 Å². The molecule has 19 heavy (non-hydrogen) atoms. The van der Waals surface area contributed by atoms with Gasteiger partial charge in [-0.2, -0.15) is 0 Å². The van der Waals surface area contributed by atoms with Crippen molar-refractivity contribution in [2.45, 2.75) is 19.3 Å². The van der Waals surface area contributed by atoms with E-state index in [4.69, 9.17) is 9.84 Å². The van der Waals surface area contributed by atoms with Crippen molar-refractivity contribution in [1.29, 1.82) is 0 Å². The zero-order valence-electron chi connectivity index (χ0n) is 11.1. The van der Waals surface area contributed by atoms with E-state index in [1.807, 2.05) is 0 Å². The summed E-state index contributed by atoms with van der Waals surface area (Å²) in [7, 11) is 1.47. The molecule has 0 atom stereocenters. The van der Waals surface area contributed by atoms with Gasteiger partial charge in [-0.15, -0.1) is 0 Å². The van der Waals surface area contributed by atoms with Crippen LogP contribution < -0.4 is 0 Å². The predicted molar refractivity (Wildman–Crippen MR) is 66.5 cm³/mol. The molecule has 1 saturated heterocycles. The van der Waals surface area contributed by atoms with Crippen molar-refractivity contribution >= 4 is 17.8 Å². The lowest BCUT2D eigenvalue weighted by atomic mass is 10.2. The number of methoxy groups -OCH3 is 1. The summed E-state index contributed by atoms with van der Waals surface area (Å²) < 4.78 is 4.78. The first kappa shape index (κ1) is 15.4. The number of ether oxygens (including phenoxy) is 1. The Morgan fingerprint density at radius 2 is 1.53 bits per heavy atom. The van der Waals surface area contributed by atoms with Crippen LogP contribution in [-0.2, 0) is 19.1 Å². The lowest BCUT2D eigenvalue weighted by Gasteiger charge is -2.34. The number of hydrogen-bond acceptors (Lipinski definition) is 4. The number of piperazine rings is 1. The molecule has 7 heteroatoms. The van der Waals surface area contributed by atoms with Gasteiger partial charge < -0.3 is 19.6 Å². The van der Waals surface area contributed by atoms with Gasteiger partial charge in [-0.1, -0.05) is 0 Å². The molecule has 0 aliphatic carbocycles. The Morgan fingerprint density at radius 3 is 2.00 bits per heavy atom. The van der Waals surface area contributed by atoms with Gasteiger partial charge in [-0.3, -0.25) is 14.4 Å². The quantitative estimate of drug-likeness (QED) is 0.708. The van der Waals surface area contributed by atoms with Gasteiger partial charge in [0.2, 0.25) is 11.8 Å². The molecule has 108 valence electrons. The van der Waals surface area contributed by atoms with Gasteiger partial charge in [0, 0.05) is 46.1 Å². The van der Waals surface area contributed by atoms with Crippen LogP contribution in [-0.4, -0.2) is 72.6 Å². The smallest absolute Gasteiger partial charge is 0.303 e. The SMILES string of the molecule is COCC(=O)N1CCN(C(=O)CCCC(=O)O)CC1. The Kier molecular flexibility index (Phi) is 6.27. The standard InChI is InChI=1S/C12H20N2O5/c1-19-9-11(16)14-7-5-13(6-8-14)10(15)3-2-4-12(17)18/h2-9H2,1H3,(H,17,18). The Morgan fingerprint density at radius 1 is 1.00 bits per heavy atom. The molecule has 2 amide bonds. The number of nitrogens with zero attached hydrogens (tertiary/aromatic N) is 2. The summed E-state index contributed by atoms with van der Waals surface area (Å²) in [5.74, 6) is -0.997. The highest BCUT2D eigenvalue weighted by atomic mass is 16.5. The fourth-order valence-corrected chi connectivity index (χ4v) is 1.97. The molecule has 0 aromatic rings. The van der Waals surface area contributed by atoms with Crippen molar-refractivity contribution in [1.82, 2.24) is 9.80 Å². The van der Waals surface area contributed by atoms with Crippen LogP contribution in [0.5, 0.6) is 0 Å². The monoisotopic (exact) mass is 272 g/mol. The highest BCUT2D eigenvalue weighted by Gasteiger charge is 2.23. The van der Waals surface area contributed by atoms with Crippen molar-refractivity contribution in [2.24, 2.45) is 0 Å². The number of amides is 2. The highest BCUT2D eigenvalue weighted by Crippen LogP contribution is 2.06. The fraction of sp³-hybridized carbons (Fsp3) is 0.750. The van der Waals surface area contributed by atoms with Crippen molar-refractivity contribution < 1.29 is 24.2 Å². The van der Waals surface area contributed by atoms with Gasteiger partial charge in [0.1, 0.15) is 6.61 Å². The molecule has 1 aliphatic rings. The second-order valence-corrected chi connectivity index (χ2v) is 4.44. The molecule has 7 nitrogen and oxygen atoms in total. The summed E-state index contributed by atoms with van der Waals surface area (Å²) >= 11 is 0. The maximum absolute atomic E-state index is 11.8. The number of hydrogen-bond donors (Lipinski definition) is 1. The lowest BCUT2D eigenvalue weighted by molar-refractivity contribution is -0.142. The van der Waals surface area contributed by atoms with Crippen molar-refractivity contribution in [3.05, 3.63) is 0 Å². The van der Waals surface area contributed by atoms with Crippen molar-refractivity contribution in [3.63, 3.8) is 0 Å². The number of rotatable bonds is 6. The van der Waals surface area contributed by atoms with Crippen molar-refractivity contribution in [3.8, 4) is 0 Å². The number of carbonyl (C=O) groups is 3. The van der Waals surface area contributed by atoms with Gasteiger partial charge in [0.15, 0.2) is 0 Å². The summed E-state index contributed by atoms with van der Waals surface area (Å²) in [6.07, 6.45) is 0.618. The molecule has 0 saturated carbocycles. The number of aliphatic carboxylic acids is 1. The summed E-state index contributed by atoms with van der Waals surface area (Å²) in [4.78, 5) is 37.0. The largest absolute Gasteiger partial charge is 0.481 e. The maximum Gasteiger partial charge on any atom is 0.303 e. The molecular formula is C12H20N2O5. The topological polar surface area (TPSA) is 87.2 Å². The minimum Gasteiger partial charge on any atom is -0.481 e. The molecule has 0 aromatic heterocycles. The fourth-order valence-electron chi connectivity index (χ4n) is 1.97. The van der Waals surface area contributed by atoms with Crippen LogP contribution in [0.15, 0.2) is 0 Å². The average molecular weight is 272 g/mol. The zero-order chi connectivity index (χ0) is 14.3. The predicted octanol–water partition coefficient (Wildman–Crippen LogP) is -0.441. The molecular weight excluding hydrogens is 252 g/mol. The van der Waals surface area contributed by atoms with E-state index in [9.17, 15) is 14.4 Å². The normalized spacial score (nSPS) is 15.4. The average Bonchev–Trinajstić information content (AvgIpc) is 2.38. The van der Waals surface area contributed by atoms with E-state index >= 15 is 0 Å². The van der Waals surface area contributed by atoms with E-state index in [1.165, 1.54) is 7.11 Å². The summed E-state index contributed by atoms with van der Waals surface area (Å²) in [5, 5.41) is 8.50. The van der Waals surface area contributed by atoms with Gasteiger partial charge >= 0.3 is 5.97 Å². The molecule has 1 aliphatic heterocycles. The minimum absolute atomic E-state index is 0.0119. The third-order valence-electron chi connectivity index (χ3n) is 3.03. The van der Waals surface area contributed by atoms with Crippen molar-refractivity contribution in [2.75, 3.05) is 39.9 Å². The van der Waals surface area contributed by atoms with Gasteiger partial charge in [0.25, 0.3) is 0 Å². The first-order valence-electron chi connectivity index (χ1n) is 6.31. The summed E-state index contributed by atoms with van der Waals surface area (Å²) in [5.41, 5.74) is 0. The van der Waals surface area contributed by atoms with E-state index in [2.05, 4.69) is 0 Å². The zero-order valence-corrected chi connectivity index (χ0v) is 11.1. The number of carboxylic acid groups (broad SMARTS) is 1. The Labute approximate surface area is 112 Å². The van der Waals surface area contributed by atoms with Crippen LogP contribution in [0.4, 0.5) is 0 Å². The minimum atomic E-state index is -0.886. The Balaban J connectivity index is 2.27. The second kappa shape index (κ2) is 7.73. The second-order valence-electron chi connectivity index (χ2n) is 4.44. The molecule has 1 fully saturated rings. The van der Waals surface area contributed by atoms with Crippen LogP contribution >= 0.6 is 0 Å². The van der Waals surface area contributed by atoms with Crippen LogP contribution in [0.25, 0.3) is 0 Å². The van der Waals surface area contributed by atoms with E-state index in [-0.39, 0.29) is 31.3 Å². The first-order valence-corrected chi connectivity index (χ1v) is 6.31. The van der Waals surface area contributed by atoms with Gasteiger partial charge in [-0.25, -0.2) is 0 Å². The van der Waals surface area contributed by atoms with E-state index < -0.39 is 5.97 Å². The van der Waals surface area contributed by atoms with Crippen LogP contribution in [0, 0.1) is 0 Å². The van der Waals surface area contributed by atoms with Gasteiger partial charge in [-0.05, 0) is 6.42 Å². The third kappa shape index (κ3) is 5.25. The Hall–Kier alpha value is -1.63. The highest BCUT2D eigenvalue weighted by molar-refractivity contribution is 5.79. The van der Waals surface area contributed by atoms with Gasteiger partial charge in [0.05, 0.1) is 0 Å². The maximum atomic E-state index is 11.8. The van der Waals surface area contributed by atoms with Crippen LogP contribution in [0.3, 0.4) is 0 Å². The van der Waals surface area contributed by atoms with E-state index in [0.29, 0.717) is 32.6 Å².